The molecule has 2 amide bonds. The quantitative estimate of drug-likeness (QED) is 0.852. The molecule has 1 aromatic carbocycles. The van der Waals surface area contributed by atoms with Gasteiger partial charge in [-0.15, -0.1) is 0 Å². The number of amides is 2. The third-order valence-corrected chi connectivity index (χ3v) is 2.92. The molecule has 5 heteroatoms. The first-order valence-corrected chi connectivity index (χ1v) is 6.12. The lowest BCUT2D eigenvalue weighted by molar-refractivity contribution is 0.0838. The van der Waals surface area contributed by atoms with Crippen molar-refractivity contribution in [3.8, 4) is 5.75 Å². The molecule has 0 saturated carbocycles. The molecule has 1 fully saturated rings. The van der Waals surface area contributed by atoms with Gasteiger partial charge in [-0.1, -0.05) is 0 Å². The molecule has 0 radical (unpaired) electrons. The summed E-state index contributed by atoms with van der Waals surface area (Å²) in [5.74, 6) is 1.02. The van der Waals surface area contributed by atoms with E-state index in [0.29, 0.717) is 19.7 Å². The van der Waals surface area contributed by atoms with Crippen molar-refractivity contribution >= 4 is 11.7 Å². The van der Waals surface area contributed by atoms with Crippen molar-refractivity contribution in [2.45, 2.75) is 6.92 Å². The Hall–Kier alpha value is -1.75. The Labute approximate surface area is 106 Å². The van der Waals surface area contributed by atoms with Crippen molar-refractivity contribution in [3.63, 3.8) is 0 Å². The Morgan fingerprint density at radius 2 is 2.11 bits per heavy atom. The summed E-state index contributed by atoms with van der Waals surface area (Å²) in [5.41, 5.74) is 0.746. The van der Waals surface area contributed by atoms with E-state index in [-0.39, 0.29) is 18.6 Å². The second-order valence-corrected chi connectivity index (χ2v) is 4.34. The van der Waals surface area contributed by atoms with Crippen molar-refractivity contribution in [2.24, 2.45) is 5.92 Å². The molecule has 1 heterocycles. The van der Waals surface area contributed by atoms with Crippen molar-refractivity contribution in [1.29, 1.82) is 0 Å². The van der Waals surface area contributed by atoms with Crippen LogP contribution in [-0.2, 0) is 0 Å². The Morgan fingerprint density at radius 1 is 1.44 bits per heavy atom. The Morgan fingerprint density at radius 3 is 2.67 bits per heavy atom. The molecular weight excluding hydrogens is 232 g/mol. The number of nitrogens with one attached hydrogen (secondary N) is 1. The van der Waals surface area contributed by atoms with Crippen LogP contribution in [0.2, 0.25) is 0 Å². The number of ether oxygens (including phenoxy) is 1. The van der Waals surface area contributed by atoms with E-state index in [1.807, 2.05) is 31.2 Å². The lowest BCUT2D eigenvalue weighted by Gasteiger charge is -2.38. The summed E-state index contributed by atoms with van der Waals surface area (Å²) in [4.78, 5) is 13.4. The fraction of sp³-hybridized carbons (Fsp3) is 0.462. The first-order valence-electron chi connectivity index (χ1n) is 6.12. The van der Waals surface area contributed by atoms with Gasteiger partial charge in [-0.3, -0.25) is 0 Å². The van der Waals surface area contributed by atoms with E-state index in [1.54, 1.807) is 4.90 Å². The predicted molar refractivity (Wildman–Crippen MR) is 68.8 cm³/mol. The summed E-state index contributed by atoms with van der Waals surface area (Å²) in [7, 11) is 0. The number of rotatable bonds is 4. The molecule has 1 aromatic rings. The topological polar surface area (TPSA) is 61.8 Å². The molecule has 0 spiro atoms. The van der Waals surface area contributed by atoms with Crippen LogP contribution in [-0.4, -0.2) is 42.3 Å². The van der Waals surface area contributed by atoms with Gasteiger partial charge in [0.15, 0.2) is 0 Å². The average Bonchev–Trinajstić information content (AvgIpc) is 2.31. The van der Waals surface area contributed by atoms with Gasteiger partial charge in [0, 0.05) is 31.3 Å². The van der Waals surface area contributed by atoms with Crippen molar-refractivity contribution < 1.29 is 14.6 Å². The van der Waals surface area contributed by atoms with E-state index in [0.717, 1.165) is 11.4 Å². The molecule has 18 heavy (non-hydrogen) atoms. The van der Waals surface area contributed by atoms with Crippen LogP contribution in [0.5, 0.6) is 5.75 Å². The number of hydrogen-bond donors (Lipinski definition) is 2. The summed E-state index contributed by atoms with van der Waals surface area (Å²) < 4.78 is 5.32. The van der Waals surface area contributed by atoms with Gasteiger partial charge >= 0.3 is 6.03 Å². The number of benzene rings is 1. The highest BCUT2D eigenvalue weighted by Gasteiger charge is 2.29. The standard InChI is InChI=1S/C13H18N2O3/c1-2-18-12-5-3-11(4-6-12)14-13(17)15-7-10(8-15)9-16/h3-6,10,16H,2,7-9H2,1H3,(H,14,17). The number of likely N-dealkylation sites (tertiary alicyclic amines) is 1. The molecule has 1 saturated heterocycles. The normalized spacial score (nSPS) is 15.1. The fourth-order valence-corrected chi connectivity index (χ4v) is 1.85. The van der Waals surface area contributed by atoms with E-state index >= 15 is 0 Å². The Kier molecular flexibility index (Phi) is 4.04. The van der Waals surface area contributed by atoms with Crippen LogP contribution in [0.15, 0.2) is 24.3 Å². The summed E-state index contributed by atoms with van der Waals surface area (Å²) in [6.07, 6.45) is 0. The zero-order chi connectivity index (χ0) is 13.0. The predicted octanol–water partition coefficient (Wildman–Crippen LogP) is 1.54. The number of urea groups is 1. The molecule has 98 valence electrons. The Balaban J connectivity index is 1.84. The van der Waals surface area contributed by atoms with Gasteiger partial charge in [0.05, 0.1) is 6.61 Å². The molecule has 0 aliphatic carbocycles. The first kappa shape index (κ1) is 12.7. The average molecular weight is 250 g/mol. The highest BCUT2D eigenvalue weighted by atomic mass is 16.5. The third kappa shape index (κ3) is 2.92. The number of nitrogens with zero attached hydrogens (tertiary/aromatic N) is 1. The number of aliphatic hydroxyl groups is 1. The number of carbonyl (C=O) groups excluding carboxylic acids is 1. The van der Waals surface area contributed by atoms with Gasteiger partial charge in [0.1, 0.15) is 5.75 Å². The van der Waals surface area contributed by atoms with Crippen molar-refractivity contribution in [3.05, 3.63) is 24.3 Å². The molecule has 5 nitrogen and oxygen atoms in total. The number of anilines is 1. The lowest BCUT2D eigenvalue weighted by Crippen LogP contribution is -2.52. The van der Waals surface area contributed by atoms with Gasteiger partial charge < -0.3 is 20.1 Å². The zero-order valence-corrected chi connectivity index (χ0v) is 10.4. The molecular formula is C13H18N2O3. The summed E-state index contributed by atoms with van der Waals surface area (Å²) >= 11 is 0. The maximum Gasteiger partial charge on any atom is 0.321 e. The van der Waals surface area contributed by atoms with Crippen LogP contribution in [0.4, 0.5) is 10.5 Å². The van der Waals surface area contributed by atoms with E-state index in [9.17, 15) is 4.79 Å². The molecule has 0 atom stereocenters. The molecule has 2 N–H and O–H groups in total. The van der Waals surface area contributed by atoms with Gasteiger partial charge in [0.25, 0.3) is 0 Å². The van der Waals surface area contributed by atoms with Crippen LogP contribution in [0.1, 0.15) is 6.92 Å². The molecule has 1 aliphatic heterocycles. The SMILES string of the molecule is CCOc1ccc(NC(=O)N2CC(CO)C2)cc1. The zero-order valence-electron chi connectivity index (χ0n) is 10.4. The van der Waals surface area contributed by atoms with Gasteiger partial charge in [-0.25, -0.2) is 4.79 Å². The lowest BCUT2D eigenvalue weighted by atomic mass is 10.0. The number of hydrogen-bond acceptors (Lipinski definition) is 3. The minimum absolute atomic E-state index is 0.121. The number of aliphatic hydroxyl groups excluding tert-OH is 1. The molecule has 0 bridgehead atoms. The fourth-order valence-electron chi connectivity index (χ4n) is 1.85. The molecule has 2 rings (SSSR count). The third-order valence-electron chi connectivity index (χ3n) is 2.92. The summed E-state index contributed by atoms with van der Waals surface area (Å²) in [5, 5.41) is 11.7. The van der Waals surface area contributed by atoms with Crippen molar-refractivity contribution in [1.82, 2.24) is 4.90 Å². The number of carbonyl (C=O) groups is 1. The summed E-state index contributed by atoms with van der Waals surface area (Å²) in [6, 6.07) is 7.15. The van der Waals surface area contributed by atoms with E-state index in [1.165, 1.54) is 0 Å². The first-order chi connectivity index (χ1) is 8.72. The highest BCUT2D eigenvalue weighted by Crippen LogP contribution is 2.19. The minimum atomic E-state index is -0.121. The maximum atomic E-state index is 11.8. The molecule has 1 aliphatic rings. The van der Waals surface area contributed by atoms with Gasteiger partial charge in [-0.2, -0.15) is 0 Å². The largest absolute Gasteiger partial charge is 0.494 e. The smallest absolute Gasteiger partial charge is 0.321 e. The maximum absolute atomic E-state index is 11.8. The van der Waals surface area contributed by atoms with E-state index in [2.05, 4.69) is 5.32 Å². The minimum Gasteiger partial charge on any atom is -0.494 e. The summed E-state index contributed by atoms with van der Waals surface area (Å²) in [6.45, 7) is 3.95. The van der Waals surface area contributed by atoms with Gasteiger partial charge in [0.2, 0.25) is 0 Å². The highest BCUT2D eigenvalue weighted by molar-refractivity contribution is 5.89. The molecule has 0 aromatic heterocycles. The van der Waals surface area contributed by atoms with Gasteiger partial charge in [-0.05, 0) is 31.2 Å². The van der Waals surface area contributed by atoms with E-state index < -0.39 is 0 Å². The monoisotopic (exact) mass is 250 g/mol. The van der Waals surface area contributed by atoms with Crippen LogP contribution in [0.3, 0.4) is 0 Å². The van der Waals surface area contributed by atoms with Crippen LogP contribution >= 0.6 is 0 Å². The van der Waals surface area contributed by atoms with Crippen LogP contribution < -0.4 is 10.1 Å². The molecule has 0 unspecified atom stereocenters. The Bertz CT molecular complexity index is 399. The second-order valence-electron chi connectivity index (χ2n) is 4.34. The van der Waals surface area contributed by atoms with Crippen LogP contribution in [0.25, 0.3) is 0 Å². The van der Waals surface area contributed by atoms with Crippen molar-refractivity contribution in [2.75, 3.05) is 31.6 Å². The van der Waals surface area contributed by atoms with E-state index in [4.69, 9.17) is 9.84 Å². The second kappa shape index (κ2) is 5.73. The van der Waals surface area contributed by atoms with Crippen LogP contribution in [0, 0.1) is 5.92 Å².